The molecule has 0 aliphatic heterocycles. The van der Waals surface area contributed by atoms with Crippen molar-refractivity contribution in [2.24, 2.45) is 0 Å². The topological polar surface area (TPSA) is 12.9 Å². The van der Waals surface area contributed by atoms with Gasteiger partial charge in [0.1, 0.15) is 0 Å². The molecule has 0 amide bonds. The number of benzene rings is 2. The smallest absolute Gasteiger partial charge is 0.0373 e. The van der Waals surface area contributed by atoms with E-state index in [1.165, 1.54) is 63.4 Å². The van der Waals surface area contributed by atoms with Crippen LogP contribution in [0, 0.1) is 13.8 Å². The Labute approximate surface area is 155 Å². The van der Waals surface area contributed by atoms with Crippen LogP contribution in [0.1, 0.15) is 41.6 Å². The molecule has 0 atom stereocenters. The predicted molar refractivity (Wildman–Crippen MR) is 110 cm³/mol. The van der Waals surface area contributed by atoms with Crippen molar-refractivity contribution < 1.29 is 0 Å². The molecule has 128 valence electrons. The lowest BCUT2D eigenvalue weighted by Crippen LogP contribution is -2.07. The highest BCUT2D eigenvalue weighted by Crippen LogP contribution is 2.42. The molecule has 0 unspecified atom stereocenters. The fourth-order valence-corrected chi connectivity index (χ4v) is 4.58. The van der Waals surface area contributed by atoms with Gasteiger partial charge in [-0.05, 0) is 84.2 Å². The summed E-state index contributed by atoms with van der Waals surface area (Å²) in [6.07, 6.45) is 11.5. The number of rotatable bonds is 1. The van der Waals surface area contributed by atoms with Crippen LogP contribution in [0.25, 0.3) is 27.5 Å². The van der Waals surface area contributed by atoms with Gasteiger partial charge < -0.3 is 0 Å². The standard InChI is InChI=1S/C25H23N/c1-16-13-19-10-11-22-21-6-4-3-5-18(21)9-12-23(22)25(19)24(14-16)20-8-7-17(2)26-15-20/h4,6-8,10-11,13-15H,3,5,9,12H2,1-2H3. The zero-order valence-corrected chi connectivity index (χ0v) is 15.5. The van der Waals surface area contributed by atoms with Crippen LogP contribution in [-0.2, 0) is 6.42 Å². The second-order valence-corrected chi connectivity index (χ2v) is 7.65. The second kappa shape index (κ2) is 5.95. The summed E-state index contributed by atoms with van der Waals surface area (Å²) in [6.45, 7) is 4.23. The lowest BCUT2D eigenvalue weighted by Gasteiger charge is -2.26. The van der Waals surface area contributed by atoms with Gasteiger partial charge in [0.25, 0.3) is 0 Å². The predicted octanol–water partition coefficient (Wildman–Crippen LogP) is 6.57. The molecule has 1 heterocycles. The molecule has 0 N–H and O–H groups in total. The maximum Gasteiger partial charge on any atom is 0.0373 e. The van der Waals surface area contributed by atoms with Crippen molar-refractivity contribution in [1.29, 1.82) is 0 Å². The maximum absolute atomic E-state index is 4.55. The summed E-state index contributed by atoms with van der Waals surface area (Å²) in [5.74, 6) is 0. The molecular formula is C25H23N. The van der Waals surface area contributed by atoms with E-state index in [-0.39, 0.29) is 0 Å². The molecule has 3 aromatic rings. The van der Waals surface area contributed by atoms with Gasteiger partial charge in [-0.25, -0.2) is 0 Å². The Morgan fingerprint density at radius 1 is 0.885 bits per heavy atom. The van der Waals surface area contributed by atoms with Gasteiger partial charge in [0.15, 0.2) is 0 Å². The fourth-order valence-electron chi connectivity index (χ4n) is 4.58. The van der Waals surface area contributed by atoms with Gasteiger partial charge in [-0.15, -0.1) is 0 Å². The van der Waals surface area contributed by atoms with Crippen LogP contribution >= 0.6 is 0 Å². The Hall–Kier alpha value is -2.67. The van der Waals surface area contributed by atoms with E-state index in [0.29, 0.717) is 0 Å². The first-order chi connectivity index (χ1) is 12.7. The normalized spacial score (nSPS) is 15.9. The quantitative estimate of drug-likeness (QED) is 0.489. The molecule has 26 heavy (non-hydrogen) atoms. The van der Waals surface area contributed by atoms with Gasteiger partial charge in [0.05, 0.1) is 0 Å². The minimum Gasteiger partial charge on any atom is -0.261 e. The maximum atomic E-state index is 4.55. The molecule has 0 radical (unpaired) electrons. The number of nitrogens with zero attached hydrogens (tertiary/aromatic N) is 1. The molecule has 0 fully saturated rings. The first-order valence-electron chi connectivity index (χ1n) is 9.59. The SMILES string of the molecule is Cc1cc(-c2ccc(C)nc2)c2c3c(ccc2c1)C1=C(CCC=C1)CC3. The van der Waals surface area contributed by atoms with Gasteiger partial charge >= 0.3 is 0 Å². The van der Waals surface area contributed by atoms with E-state index in [2.05, 4.69) is 60.5 Å². The second-order valence-electron chi connectivity index (χ2n) is 7.65. The lowest BCUT2D eigenvalue weighted by atomic mass is 9.78. The van der Waals surface area contributed by atoms with E-state index in [9.17, 15) is 0 Å². The fraction of sp³-hybridized carbons (Fsp3) is 0.240. The van der Waals surface area contributed by atoms with Crippen molar-refractivity contribution >= 4 is 16.3 Å². The largest absolute Gasteiger partial charge is 0.261 e. The molecule has 2 aliphatic carbocycles. The number of aryl methyl sites for hydroxylation is 3. The minimum absolute atomic E-state index is 1.06. The van der Waals surface area contributed by atoms with Crippen LogP contribution in [0.5, 0.6) is 0 Å². The van der Waals surface area contributed by atoms with Crippen LogP contribution < -0.4 is 0 Å². The summed E-state index contributed by atoms with van der Waals surface area (Å²) >= 11 is 0. The van der Waals surface area contributed by atoms with Gasteiger partial charge in [-0.1, -0.05) is 48.1 Å². The first-order valence-corrected chi connectivity index (χ1v) is 9.59. The van der Waals surface area contributed by atoms with Crippen molar-refractivity contribution in [1.82, 2.24) is 4.98 Å². The zero-order valence-electron chi connectivity index (χ0n) is 15.5. The summed E-state index contributed by atoms with van der Waals surface area (Å²) in [7, 11) is 0. The van der Waals surface area contributed by atoms with E-state index in [1.54, 1.807) is 5.57 Å². The van der Waals surface area contributed by atoms with Crippen molar-refractivity contribution in [3.05, 3.63) is 82.7 Å². The Bertz CT molecular complexity index is 1080. The third-order valence-electron chi connectivity index (χ3n) is 5.84. The first kappa shape index (κ1) is 15.6. The van der Waals surface area contributed by atoms with E-state index >= 15 is 0 Å². The molecular weight excluding hydrogens is 314 g/mol. The van der Waals surface area contributed by atoms with E-state index < -0.39 is 0 Å². The van der Waals surface area contributed by atoms with Crippen LogP contribution in [0.2, 0.25) is 0 Å². The molecule has 5 rings (SSSR count). The van der Waals surface area contributed by atoms with Gasteiger partial charge in [-0.2, -0.15) is 0 Å². The Kier molecular flexibility index (Phi) is 3.56. The highest BCUT2D eigenvalue weighted by molar-refractivity contribution is 6.03. The van der Waals surface area contributed by atoms with Crippen molar-refractivity contribution in [2.45, 2.75) is 39.5 Å². The third-order valence-corrected chi connectivity index (χ3v) is 5.84. The molecule has 0 spiro atoms. The summed E-state index contributed by atoms with van der Waals surface area (Å²) in [5, 5.41) is 2.77. The van der Waals surface area contributed by atoms with Gasteiger partial charge in [-0.3, -0.25) is 4.98 Å². The Morgan fingerprint density at radius 2 is 1.81 bits per heavy atom. The number of hydrogen-bond donors (Lipinski definition) is 0. The number of pyridine rings is 1. The highest BCUT2D eigenvalue weighted by Gasteiger charge is 2.22. The molecule has 2 aromatic carbocycles. The lowest BCUT2D eigenvalue weighted by molar-refractivity contribution is 0.831. The summed E-state index contributed by atoms with van der Waals surface area (Å²) in [6, 6.07) is 13.6. The number of allylic oxidation sites excluding steroid dienone is 4. The molecule has 2 aliphatic rings. The van der Waals surface area contributed by atoms with Gasteiger partial charge in [0, 0.05) is 17.5 Å². The molecule has 0 bridgehead atoms. The monoisotopic (exact) mass is 337 g/mol. The van der Waals surface area contributed by atoms with Crippen molar-refractivity contribution in [3.8, 4) is 11.1 Å². The van der Waals surface area contributed by atoms with Crippen molar-refractivity contribution in [2.75, 3.05) is 0 Å². The number of hydrogen-bond acceptors (Lipinski definition) is 1. The van der Waals surface area contributed by atoms with E-state index in [1.807, 2.05) is 13.1 Å². The van der Waals surface area contributed by atoms with Crippen LogP contribution in [0.4, 0.5) is 0 Å². The molecule has 0 saturated heterocycles. The molecule has 0 saturated carbocycles. The van der Waals surface area contributed by atoms with Crippen LogP contribution in [-0.4, -0.2) is 4.98 Å². The summed E-state index contributed by atoms with van der Waals surface area (Å²) < 4.78 is 0. The zero-order chi connectivity index (χ0) is 17.7. The average molecular weight is 337 g/mol. The molecule has 1 nitrogen and oxygen atoms in total. The van der Waals surface area contributed by atoms with Crippen molar-refractivity contribution in [3.63, 3.8) is 0 Å². The summed E-state index contributed by atoms with van der Waals surface area (Å²) in [5.41, 5.74) is 11.0. The average Bonchev–Trinajstić information content (AvgIpc) is 2.67. The third kappa shape index (κ3) is 2.42. The molecule has 1 aromatic heterocycles. The van der Waals surface area contributed by atoms with Gasteiger partial charge in [0.2, 0.25) is 0 Å². The van der Waals surface area contributed by atoms with Crippen LogP contribution in [0.15, 0.2) is 60.3 Å². The minimum atomic E-state index is 1.06. The van der Waals surface area contributed by atoms with Crippen LogP contribution in [0.3, 0.4) is 0 Å². The Balaban J connectivity index is 1.82. The highest BCUT2D eigenvalue weighted by atomic mass is 14.7. The molecule has 1 heteroatoms. The summed E-state index contributed by atoms with van der Waals surface area (Å²) in [4.78, 5) is 4.55. The number of aromatic nitrogens is 1. The number of fused-ring (bicyclic) bond motifs is 4. The van der Waals surface area contributed by atoms with E-state index in [0.717, 1.165) is 12.1 Å². The van der Waals surface area contributed by atoms with E-state index in [4.69, 9.17) is 0 Å². The Morgan fingerprint density at radius 3 is 2.65 bits per heavy atom.